The van der Waals surface area contributed by atoms with E-state index in [1.54, 1.807) is 43.6 Å². The lowest BCUT2D eigenvalue weighted by Gasteiger charge is -2.14. The average molecular weight is 391 g/mol. The van der Waals surface area contributed by atoms with Crippen molar-refractivity contribution in [1.29, 1.82) is 0 Å². The Labute approximate surface area is 160 Å². The maximum absolute atomic E-state index is 12.3. The minimum Gasteiger partial charge on any atom is -0.497 e. The Balaban J connectivity index is 1.78. The van der Waals surface area contributed by atoms with E-state index in [-0.39, 0.29) is 11.7 Å². The van der Waals surface area contributed by atoms with Gasteiger partial charge in [-0.1, -0.05) is 19.1 Å². The molecule has 2 rings (SSSR count). The first-order valence-corrected chi connectivity index (χ1v) is 10.4. The Kier molecular flexibility index (Phi) is 7.60. The van der Waals surface area contributed by atoms with Gasteiger partial charge < -0.3 is 10.1 Å². The molecule has 0 saturated heterocycles. The van der Waals surface area contributed by atoms with Gasteiger partial charge in [0.2, 0.25) is 15.9 Å². The van der Waals surface area contributed by atoms with Crippen LogP contribution in [0.5, 0.6) is 5.75 Å². The number of sulfonamides is 1. The summed E-state index contributed by atoms with van der Waals surface area (Å²) in [5.41, 5.74) is 1.50. The first-order chi connectivity index (χ1) is 12.9. The van der Waals surface area contributed by atoms with E-state index in [4.69, 9.17) is 4.74 Å². The Morgan fingerprint density at radius 3 is 2.78 bits per heavy atom. The van der Waals surface area contributed by atoms with Crippen molar-refractivity contribution < 1.29 is 17.9 Å². The zero-order chi connectivity index (χ0) is 19.7. The van der Waals surface area contributed by atoms with E-state index in [0.29, 0.717) is 18.0 Å². The fraction of sp³-hybridized carbons (Fsp3) is 0.368. The number of hydrogen-bond donors (Lipinski definition) is 2. The molecular formula is C19H25N3O4S. The lowest BCUT2D eigenvalue weighted by Crippen LogP contribution is -2.35. The molecule has 1 amide bonds. The molecule has 2 aromatic rings. The van der Waals surface area contributed by atoms with Crippen molar-refractivity contribution in [3.05, 3.63) is 54.4 Å². The molecule has 1 unspecified atom stereocenters. The summed E-state index contributed by atoms with van der Waals surface area (Å²) in [7, 11) is -2.14. The number of benzene rings is 1. The second-order valence-electron chi connectivity index (χ2n) is 6.27. The second-order valence-corrected chi connectivity index (χ2v) is 8.04. The van der Waals surface area contributed by atoms with Gasteiger partial charge in [0.15, 0.2) is 0 Å². The quantitative estimate of drug-likeness (QED) is 0.605. The average Bonchev–Trinajstić information content (AvgIpc) is 2.65. The molecule has 0 aliphatic heterocycles. The number of nitrogens with zero attached hydrogens (tertiary/aromatic N) is 1. The van der Waals surface area contributed by atoms with Crippen LogP contribution in [0.25, 0.3) is 0 Å². The van der Waals surface area contributed by atoms with Gasteiger partial charge >= 0.3 is 0 Å². The number of ether oxygens (including phenoxy) is 1. The van der Waals surface area contributed by atoms with E-state index >= 15 is 0 Å². The zero-order valence-corrected chi connectivity index (χ0v) is 16.3. The molecule has 1 aromatic heterocycles. The third-order valence-electron chi connectivity index (χ3n) is 3.92. The zero-order valence-electron chi connectivity index (χ0n) is 15.5. The van der Waals surface area contributed by atoms with E-state index in [2.05, 4.69) is 15.0 Å². The largest absolute Gasteiger partial charge is 0.497 e. The minimum absolute atomic E-state index is 0.280. The maximum Gasteiger partial charge on any atom is 0.233 e. The standard InChI is InChI=1S/C19H25N3O4S/c1-15(19(23)21-11-5-7-16-6-4-10-20-13-16)14-27(24,25)22-17-8-3-9-18(12-17)26-2/h3-4,6,8-10,12-13,15,22H,5,7,11,14H2,1-2H3,(H,21,23). The Bertz CT molecular complexity index is 841. The van der Waals surface area contributed by atoms with E-state index in [1.807, 2.05) is 12.1 Å². The van der Waals surface area contributed by atoms with Crippen LogP contribution in [0.15, 0.2) is 48.8 Å². The van der Waals surface area contributed by atoms with Crippen LogP contribution < -0.4 is 14.8 Å². The van der Waals surface area contributed by atoms with E-state index < -0.39 is 15.9 Å². The van der Waals surface area contributed by atoms with Gasteiger partial charge in [0.25, 0.3) is 0 Å². The van der Waals surface area contributed by atoms with Gasteiger partial charge in [0.1, 0.15) is 5.75 Å². The Hall–Kier alpha value is -2.61. The molecule has 0 aliphatic rings. The fourth-order valence-electron chi connectivity index (χ4n) is 2.54. The van der Waals surface area contributed by atoms with Crippen LogP contribution in [0.2, 0.25) is 0 Å². The van der Waals surface area contributed by atoms with Crippen molar-refractivity contribution in [3.8, 4) is 5.75 Å². The van der Waals surface area contributed by atoms with Crippen LogP contribution in [0.1, 0.15) is 18.9 Å². The third kappa shape index (κ3) is 7.26. The van der Waals surface area contributed by atoms with Gasteiger partial charge in [-0.15, -0.1) is 0 Å². The molecule has 8 heteroatoms. The van der Waals surface area contributed by atoms with Crippen LogP contribution in [-0.2, 0) is 21.2 Å². The fourth-order valence-corrected chi connectivity index (χ4v) is 3.92. The van der Waals surface area contributed by atoms with Gasteiger partial charge in [-0.05, 0) is 36.6 Å². The number of aryl methyl sites for hydroxylation is 1. The SMILES string of the molecule is COc1cccc(NS(=O)(=O)CC(C)C(=O)NCCCc2cccnc2)c1. The molecule has 1 heterocycles. The number of hydrogen-bond acceptors (Lipinski definition) is 5. The molecule has 0 fully saturated rings. The van der Waals surface area contributed by atoms with Crippen LogP contribution in [0.4, 0.5) is 5.69 Å². The summed E-state index contributed by atoms with van der Waals surface area (Å²) in [5.74, 6) is -0.683. The normalized spacial score (nSPS) is 12.2. The predicted octanol–water partition coefficient (Wildman–Crippen LogP) is 2.22. The Morgan fingerprint density at radius 2 is 2.07 bits per heavy atom. The summed E-state index contributed by atoms with van der Waals surface area (Å²) < 4.78 is 32.1. The molecular weight excluding hydrogens is 366 g/mol. The number of methoxy groups -OCH3 is 1. The van der Waals surface area contributed by atoms with Crippen molar-refractivity contribution in [3.63, 3.8) is 0 Å². The molecule has 1 aromatic carbocycles. The summed E-state index contributed by atoms with van der Waals surface area (Å²) in [5, 5.41) is 2.79. The van der Waals surface area contributed by atoms with Gasteiger partial charge in [-0.2, -0.15) is 0 Å². The summed E-state index contributed by atoms with van der Waals surface area (Å²) in [6, 6.07) is 10.5. The molecule has 0 spiro atoms. The maximum atomic E-state index is 12.3. The third-order valence-corrected chi connectivity index (χ3v) is 5.41. The number of pyridine rings is 1. The lowest BCUT2D eigenvalue weighted by molar-refractivity contribution is -0.123. The minimum atomic E-state index is -3.65. The Morgan fingerprint density at radius 1 is 1.26 bits per heavy atom. The van der Waals surface area contributed by atoms with Gasteiger partial charge in [0.05, 0.1) is 24.5 Å². The molecule has 0 saturated carbocycles. The number of carbonyl (C=O) groups excluding carboxylic acids is 1. The van der Waals surface area contributed by atoms with Crippen LogP contribution in [0.3, 0.4) is 0 Å². The van der Waals surface area contributed by atoms with Gasteiger partial charge in [0, 0.05) is 25.0 Å². The highest BCUT2D eigenvalue weighted by Crippen LogP contribution is 2.18. The van der Waals surface area contributed by atoms with Gasteiger partial charge in [-0.25, -0.2) is 8.42 Å². The number of nitrogens with one attached hydrogen (secondary N) is 2. The molecule has 27 heavy (non-hydrogen) atoms. The molecule has 1 atom stereocenters. The molecule has 0 aliphatic carbocycles. The summed E-state index contributed by atoms with van der Waals surface area (Å²) >= 11 is 0. The molecule has 146 valence electrons. The number of carbonyl (C=O) groups is 1. The highest BCUT2D eigenvalue weighted by Gasteiger charge is 2.21. The predicted molar refractivity (Wildman–Crippen MR) is 105 cm³/mol. The smallest absolute Gasteiger partial charge is 0.233 e. The van der Waals surface area contributed by atoms with Crippen LogP contribution in [-0.4, -0.2) is 38.7 Å². The number of anilines is 1. The molecule has 0 radical (unpaired) electrons. The van der Waals surface area contributed by atoms with Gasteiger partial charge in [-0.3, -0.25) is 14.5 Å². The van der Waals surface area contributed by atoms with Crippen molar-refractivity contribution in [1.82, 2.24) is 10.3 Å². The first-order valence-electron chi connectivity index (χ1n) is 8.71. The van der Waals surface area contributed by atoms with Crippen molar-refractivity contribution in [2.24, 2.45) is 5.92 Å². The number of amides is 1. The number of rotatable bonds is 10. The van der Waals surface area contributed by atoms with Crippen LogP contribution >= 0.6 is 0 Å². The van der Waals surface area contributed by atoms with Crippen molar-refractivity contribution in [2.45, 2.75) is 19.8 Å². The van der Waals surface area contributed by atoms with Crippen molar-refractivity contribution >= 4 is 21.6 Å². The molecule has 7 nitrogen and oxygen atoms in total. The van der Waals surface area contributed by atoms with E-state index in [9.17, 15) is 13.2 Å². The summed E-state index contributed by atoms with van der Waals surface area (Å²) in [6.07, 6.45) is 5.07. The van der Waals surface area contributed by atoms with E-state index in [1.165, 1.54) is 7.11 Å². The molecule has 0 bridgehead atoms. The monoisotopic (exact) mass is 391 g/mol. The van der Waals surface area contributed by atoms with E-state index in [0.717, 1.165) is 18.4 Å². The number of aromatic nitrogens is 1. The van der Waals surface area contributed by atoms with Crippen molar-refractivity contribution in [2.75, 3.05) is 24.1 Å². The summed E-state index contributed by atoms with van der Waals surface area (Å²) in [4.78, 5) is 16.2. The second kappa shape index (κ2) is 9.91. The molecule has 2 N–H and O–H groups in total. The van der Waals surface area contributed by atoms with Crippen LogP contribution in [0, 0.1) is 5.92 Å². The summed E-state index contributed by atoms with van der Waals surface area (Å²) in [6.45, 7) is 2.09. The highest BCUT2D eigenvalue weighted by atomic mass is 32.2. The lowest BCUT2D eigenvalue weighted by atomic mass is 10.1. The highest BCUT2D eigenvalue weighted by molar-refractivity contribution is 7.92. The first kappa shape index (κ1) is 20.7. The topological polar surface area (TPSA) is 97.4 Å².